The molecule has 1 fully saturated rings. The molecule has 0 spiro atoms. The molecule has 1 heterocycles. The number of halogens is 1. The molecular weight excluding hydrogens is 264 g/mol. The predicted molar refractivity (Wildman–Crippen MR) is 75.6 cm³/mol. The average molecular weight is 283 g/mol. The number of alkyl halides is 1. The zero-order chi connectivity index (χ0) is 13.9. The number of pyridine rings is 1. The maximum atomic E-state index is 12.2. The summed E-state index contributed by atoms with van der Waals surface area (Å²) >= 11 is 6.09. The van der Waals surface area contributed by atoms with Crippen molar-refractivity contribution < 1.29 is 4.79 Å². The van der Waals surface area contributed by atoms with Gasteiger partial charge in [0.2, 0.25) is 5.56 Å². The first-order chi connectivity index (χ1) is 9.04. The van der Waals surface area contributed by atoms with Crippen molar-refractivity contribution in [1.82, 2.24) is 10.3 Å². The minimum absolute atomic E-state index is 0.175. The summed E-state index contributed by atoms with van der Waals surface area (Å²) in [5.41, 5.74) is -0.0656. The quantitative estimate of drug-likeness (QED) is 0.836. The van der Waals surface area contributed by atoms with Gasteiger partial charge >= 0.3 is 0 Å². The number of nitrogens with one attached hydrogen (secondary N) is 2. The molecular formula is C14H19ClN2O2. The molecule has 4 nitrogen and oxygen atoms in total. The van der Waals surface area contributed by atoms with Gasteiger partial charge in [0, 0.05) is 18.1 Å². The van der Waals surface area contributed by atoms with Crippen LogP contribution in [0.3, 0.4) is 0 Å². The summed E-state index contributed by atoms with van der Waals surface area (Å²) in [6.07, 6.45) is 5.53. The molecule has 5 heteroatoms. The highest BCUT2D eigenvalue weighted by atomic mass is 35.5. The van der Waals surface area contributed by atoms with E-state index in [2.05, 4.69) is 17.2 Å². The fourth-order valence-corrected chi connectivity index (χ4v) is 3.10. The van der Waals surface area contributed by atoms with Crippen molar-refractivity contribution in [3.05, 3.63) is 34.2 Å². The van der Waals surface area contributed by atoms with E-state index in [1.807, 2.05) is 0 Å². The summed E-state index contributed by atoms with van der Waals surface area (Å²) in [6.45, 7) is 2.19. The molecule has 2 N–H and O–H groups in total. The van der Waals surface area contributed by atoms with Crippen LogP contribution in [0.15, 0.2) is 23.1 Å². The average Bonchev–Trinajstić information content (AvgIpc) is 2.39. The van der Waals surface area contributed by atoms with E-state index in [1.165, 1.54) is 24.8 Å². The largest absolute Gasteiger partial charge is 0.345 e. The van der Waals surface area contributed by atoms with Crippen molar-refractivity contribution in [3.63, 3.8) is 0 Å². The summed E-state index contributed by atoms with van der Waals surface area (Å²) in [6, 6.07) is 2.88. The van der Waals surface area contributed by atoms with Crippen molar-refractivity contribution in [2.75, 3.05) is 5.88 Å². The van der Waals surface area contributed by atoms with E-state index in [0.29, 0.717) is 17.4 Å². The minimum atomic E-state index is -0.313. The van der Waals surface area contributed by atoms with Gasteiger partial charge in [0.05, 0.1) is 11.1 Å². The molecule has 1 saturated carbocycles. The molecule has 0 radical (unpaired) electrons. The van der Waals surface area contributed by atoms with Crippen molar-refractivity contribution in [2.45, 2.75) is 38.1 Å². The molecule has 0 bridgehead atoms. The summed E-state index contributed by atoms with van der Waals surface area (Å²) in [5, 5.41) is 3.06. The Balaban J connectivity index is 2.11. The molecule has 104 valence electrons. The fraction of sp³-hybridized carbons (Fsp3) is 0.571. The third kappa shape index (κ3) is 3.38. The van der Waals surface area contributed by atoms with E-state index in [4.69, 9.17) is 11.6 Å². The lowest BCUT2D eigenvalue weighted by molar-refractivity contribution is 0.0867. The third-order valence-electron chi connectivity index (χ3n) is 3.77. The Bertz CT molecular complexity index is 494. The zero-order valence-corrected chi connectivity index (χ0v) is 11.8. The number of hydrogen-bond donors (Lipinski definition) is 2. The van der Waals surface area contributed by atoms with Gasteiger partial charge in [-0.2, -0.15) is 0 Å². The van der Waals surface area contributed by atoms with E-state index in [9.17, 15) is 9.59 Å². The Labute approximate surface area is 117 Å². The molecule has 1 amide bonds. The number of H-pyrrole nitrogens is 1. The number of aromatic amines is 1. The summed E-state index contributed by atoms with van der Waals surface area (Å²) < 4.78 is 0. The number of aromatic nitrogens is 1. The lowest BCUT2D eigenvalue weighted by Crippen LogP contribution is -2.52. The van der Waals surface area contributed by atoms with Crippen LogP contribution in [0, 0.1) is 5.92 Å². The second kappa shape index (κ2) is 5.78. The molecule has 2 atom stereocenters. The van der Waals surface area contributed by atoms with E-state index in [0.717, 1.165) is 19.3 Å². The van der Waals surface area contributed by atoms with Crippen LogP contribution in [0.25, 0.3) is 0 Å². The van der Waals surface area contributed by atoms with Crippen LogP contribution in [0.1, 0.15) is 43.0 Å². The Hall–Kier alpha value is -1.29. The molecule has 0 aliphatic heterocycles. The topological polar surface area (TPSA) is 62.0 Å². The van der Waals surface area contributed by atoms with Gasteiger partial charge in [0.1, 0.15) is 0 Å². The standard InChI is InChI=1S/C14H19ClN2O2/c1-10-3-2-6-14(7-10,9-15)17-13(19)11-4-5-12(18)16-8-11/h4-5,8,10H,2-3,6-7,9H2,1H3,(H,16,18)(H,17,19). The summed E-state index contributed by atoms with van der Waals surface area (Å²) in [4.78, 5) is 25.7. The van der Waals surface area contributed by atoms with Gasteiger partial charge in [-0.05, 0) is 24.8 Å². The van der Waals surface area contributed by atoms with Gasteiger partial charge < -0.3 is 10.3 Å². The molecule has 1 aromatic rings. The first-order valence-electron chi connectivity index (χ1n) is 6.62. The van der Waals surface area contributed by atoms with Crippen LogP contribution in [-0.2, 0) is 0 Å². The van der Waals surface area contributed by atoms with Crippen LogP contribution in [0.4, 0.5) is 0 Å². The Morgan fingerprint density at radius 3 is 2.95 bits per heavy atom. The molecule has 19 heavy (non-hydrogen) atoms. The highest BCUT2D eigenvalue weighted by Crippen LogP contribution is 2.33. The van der Waals surface area contributed by atoms with Crippen LogP contribution >= 0.6 is 11.6 Å². The molecule has 2 unspecified atom stereocenters. The van der Waals surface area contributed by atoms with E-state index < -0.39 is 0 Å². The van der Waals surface area contributed by atoms with Crippen LogP contribution in [-0.4, -0.2) is 22.3 Å². The molecule has 2 rings (SSSR count). The number of amides is 1. The van der Waals surface area contributed by atoms with Gasteiger partial charge in [-0.15, -0.1) is 11.6 Å². The minimum Gasteiger partial charge on any atom is -0.345 e. The van der Waals surface area contributed by atoms with E-state index >= 15 is 0 Å². The van der Waals surface area contributed by atoms with Gasteiger partial charge in [0.15, 0.2) is 0 Å². The maximum absolute atomic E-state index is 12.2. The molecule has 1 aliphatic carbocycles. The monoisotopic (exact) mass is 282 g/mol. The van der Waals surface area contributed by atoms with Gasteiger partial charge in [-0.1, -0.05) is 19.8 Å². The van der Waals surface area contributed by atoms with Gasteiger partial charge in [0.25, 0.3) is 5.91 Å². The second-order valence-corrected chi connectivity index (χ2v) is 5.78. The normalized spacial score (nSPS) is 26.9. The molecule has 0 aromatic carbocycles. The zero-order valence-electron chi connectivity index (χ0n) is 11.0. The van der Waals surface area contributed by atoms with Crippen LogP contribution in [0.2, 0.25) is 0 Å². The smallest absolute Gasteiger partial charge is 0.253 e. The van der Waals surface area contributed by atoms with E-state index in [1.54, 1.807) is 0 Å². The molecule has 0 saturated heterocycles. The summed E-state index contributed by atoms with van der Waals surface area (Å²) in [5.74, 6) is 0.821. The van der Waals surface area contributed by atoms with Crippen LogP contribution < -0.4 is 10.9 Å². The maximum Gasteiger partial charge on any atom is 0.253 e. The Morgan fingerprint density at radius 2 is 2.37 bits per heavy atom. The first kappa shape index (κ1) is 14.1. The highest BCUT2D eigenvalue weighted by Gasteiger charge is 2.35. The number of rotatable bonds is 3. The van der Waals surface area contributed by atoms with E-state index in [-0.39, 0.29) is 17.0 Å². The second-order valence-electron chi connectivity index (χ2n) is 5.51. The first-order valence-corrected chi connectivity index (χ1v) is 7.15. The Kier molecular flexibility index (Phi) is 4.30. The van der Waals surface area contributed by atoms with Gasteiger partial charge in [-0.25, -0.2) is 0 Å². The predicted octanol–water partition coefficient (Wildman–Crippen LogP) is 2.29. The van der Waals surface area contributed by atoms with Crippen molar-refractivity contribution in [2.24, 2.45) is 5.92 Å². The Morgan fingerprint density at radius 1 is 1.58 bits per heavy atom. The van der Waals surface area contributed by atoms with Crippen molar-refractivity contribution in [3.8, 4) is 0 Å². The molecule has 1 aliphatic rings. The van der Waals surface area contributed by atoms with Crippen molar-refractivity contribution >= 4 is 17.5 Å². The number of carbonyl (C=O) groups is 1. The SMILES string of the molecule is CC1CCCC(CCl)(NC(=O)c2ccc(=O)[nH]c2)C1. The lowest BCUT2D eigenvalue weighted by Gasteiger charge is -2.39. The fourth-order valence-electron chi connectivity index (χ4n) is 2.79. The third-order valence-corrected chi connectivity index (χ3v) is 4.28. The van der Waals surface area contributed by atoms with Gasteiger partial charge in [-0.3, -0.25) is 9.59 Å². The molecule has 1 aromatic heterocycles. The van der Waals surface area contributed by atoms with Crippen LogP contribution in [0.5, 0.6) is 0 Å². The van der Waals surface area contributed by atoms with Crippen molar-refractivity contribution in [1.29, 1.82) is 0 Å². The number of carbonyl (C=O) groups excluding carboxylic acids is 1. The lowest BCUT2D eigenvalue weighted by atomic mass is 9.77. The highest BCUT2D eigenvalue weighted by molar-refractivity contribution is 6.19. The summed E-state index contributed by atoms with van der Waals surface area (Å²) in [7, 11) is 0. The number of hydrogen-bond acceptors (Lipinski definition) is 2.